The normalized spacial score (nSPS) is 19.6. The number of likely N-dealkylation sites (tertiary alicyclic amines) is 1. The van der Waals surface area contributed by atoms with Crippen molar-refractivity contribution in [3.05, 3.63) is 23.9 Å². The van der Waals surface area contributed by atoms with Gasteiger partial charge >= 0.3 is 0 Å². The molecule has 0 aromatic carbocycles. The minimum absolute atomic E-state index is 0.0582. The van der Waals surface area contributed by atoms with Crippen molar-refractivity contribution >= 4 is 11.7 Å². The first-order valence-corrected chi connectivity index (χ1v) is 6.64. The number of hydrogen-bond donors (Lipinski definition) is 2. The van der Waals surface area contributed by atoms with Crippen LogP contribution in [0.1, 0.15) is 37.6 Å². The molecule has 1 aromatic heterocycles. The van der Waals surface area contributed by atoms with Crippen LogP contribution in [0.25, 0.3) is 0 Å². The van der Waals surface area contributed by atoms with E-state index in [0.717, 1.165) is 19.5 Å². The molecular weight excluding hydrogens is 240 g/mol. The Hall–Kier alpha value is -1.62. The summed E-state index contributed by atoms with van der Waals surface area (Å²) in [5.41, 5.74) is 3.32. The molecule has 1 aliphatic rings. The fourth-order valence-corrected chi connectivity index (χ4v) is 2.44. The molecule has 0 saturated carbocycles. The zero-order valence-electron chi connectivity index (χ0n) is 11.8. The summed E-state index contributed by atoms with van der Waals surface area (Å²) in [6.07, 6.45) is 2.65. The third-order valence-corrected chi connectivity index (χ3v) is 3.86. The van der Waals surface area contributed by atoms with E-state index >= 15 is 0 Å². The van der Waals surface area contributed by atoms with Crippen LogP contribution < -0.4 is 11.3 Å². The van der Waals surface area contributed by atoms with Crippen molar-refractivity contribution in [1.29, 1.82) is 0 Å². The van der Waals surface area contributed by atoms with Crippen LogP contribution in [0.4, 0.5) is 5.82 Å². The molecule has 1 aromatic rings. The quantitative estimate of drug-likeness (QED) is 0.630. The number of carbonyl (C=O) groups excluding carboxylic acids is 1. The van der Waals surface area contributed by atoms with Gasteiger partial charge < -0.3 is 10.3 Å². The molecule has 0 aliphatic carbocycles. The van der Waals surface area contributed by atoms with E-state index in [9.17, 15) is 4.79 Å². The van der Waals surface area contributed by atoms with Gasteiger partial charge in [0.15, 0.2) is 0 Å². The molecule has 0 spiro atoms. The summed E-state index contributed by atoms with van der Waals surface area (Å²) in [5, 5.41) is 0. The number of anilines is 1. The predicted molar refractivity (Wildman–Crippen MR) is 75.5 cm³/mol. The monoisotopic (exact) mass is 262 g/mol. The standard InChI is InChI=1S/C14H22N4O/c1-14(2,3)11-6-7-18(9-11)13(19)10-4-5-12(17-15)16-8-10/h4-5,8,11H,6-7,9,15H2,1-3H3,(H,16,17). The lowest BCUT2D eigenvalue weighted by molar-refractivity contribution is 0.0776. The third-order valence-electron chi connectivity index (χ3n) is 3.86. The molecule has 1 amide bonds. The summed E-state index contributed by atoms with van der Waals surface area (Å²) in [7, 11) is 0. The highest BCUT2D eigenvalue weighted by atomic mass is 16.2. The molecule has 1 unspecified atom stereocenters. The van der Waals surface area contributed by atoms with Crippen molar-refractivity contribution in [1.82, 2.24) is 9.88 Å². The number of nitrogens with two attached hydrogens (primary N) is 1. The SMILES string of the molecule is CC(C)(C)C1CCN(C(=O)c2ccc(NN)nc2)C1. The Kier molecular flexibility index (Phi) is 3.75. The van der Waals surface area contributed by atoms with Crippen molar-refractivity contribution in [3.8, 4) is 0 Å². The van der Waals surface area contributed by atoms with Crippen molar-refractivity contribution in [2.24, 2.45) is 17.2 Å². The molecule has 1 saturated heterocycles. The summed E-state index contributed by atoms with van der Waals surface area (Å²) in [6.45, 7) is 8.36. The van der Waals surface area contributed by atoms with Gasteiger partial charge in [-0.05, 0) is 29.9 Å². The number of hydrazine groups is 1. The van der Waals surface area contributed by atoms with E-state index in [1.807, 2.05) is 4.90 Å². The summed E-state index contributed by atoms with van der Waals surface area (Å²) in [6, 6.07) is 3.47. The third kappa shape index (κ3) is 3.04. The average molecular weight is 262 g/mol. The number of rotatable bonds is 2. The van der Waals surface area contributed by atoms with Gasteiger partial charge in [0.05, 0.1) is 5.56 Å². The molecule has 3 N–H and O–H groups in total. The molecular formula is C14H22N4O. The molecule has 19 heavy (non-hydrogen) atoms. The van der Waals surface area contributed by atoms with Gasteiger partial charge in [0.25, 0.3) is 5.91 Å². The summed E-state index contributed by atoms with van der Waals surface area (Å²) < 4.78 is 0. The van der Waals surface area contributed by atoms with Gasteiger partial charge in [-0.3, -0.25) is 4.79 Å². The number of hydrogen-bond acceptors (Lipinski definition) is 4. The Morgan fingerprint density at radius 2 is 2.21 bits per heavy atom. The van der Waals surface area contributed by atoms with Crippen LogP contribution >= 0.6 is 0 Å². The van der Waals surface area contributed by atoms with Crippen molar-refractivity contribution in [3.63, 3.8) is 0 Å². The highest BCUT2D eigenvalue weighted by molar-refractivity contribution is 5.94. The molecule has 2 rings (SSSR count). The number of nitrogen functional groups attached to an aromatic ring is 1. The average Bonchev–Trinajstić information content (AvgIpc) is 2.87. The second-order valence-electron chi connectivity index (χ2n) is 6.18. The number of nitrogens with zero attached hydrogens (tertiary/aromatic N) is 2. The Bertz CT molecular complexity index is 450. The van der Waals surface area contributed by atoms with Crippen molar-refractivity contribution in [2.45, 2.75) is 27.2 Å². The molecule has 0 radical (unpaired) electrons. The maximum atomic E-state index is 12.4. The molecule has 1 fully saturated rings. The van der Waals surface area contributed by atoms with Gasteiger partial charge in [-0.1, -0.05) is 20.8 Å². The predicted octanol–water partition coefficient (Wildman–Crippen LogP) is 1.88. The zero-order valence-corrected chi connectivity index (χ0v) is 11.8. The van der Waals surface area contributed by atoms with E-state index in [2.05, 4.69) is 31.2 Å². The Morgan fingerprint density at radius 1 is 1.47 bits per heavy atom. The Morgan fingerprint density at radius 3 is 2.68 bits per heavy atom. The van der Waals surface area contributed by atoms with E-state index in [0.29, 0.717) is 17.3 Å². The topological polar surface area (TPSA) is 71.2 Å². The van der Waals surface area contributed by atoms with Crippen LogP contribution in [0.2, 0.25) is 0 Å². The lowest BCUT2D eigenvalue weighted by atomic mass is 9.80. The largest absolute Gasteiger partial charge is 0.338 e. The number of pyridine rings is 1. The highest BCUT2D eigenvalue weighted by Gasteiger charge is 2.34. The summed E-state index contributed by atoms with van der Waals surface area (Å²) >= 11 is 0. The van der Waals surface area contributed by atoms with Gasteiger partial charge in [0, 0.05) is 19.3 Å². The number of aromatic nitrogens is 1. The minimum atomic E-state index is 0.0582. The number of nitrogens with one attached hydrogen (secondary N) is 1. The van der Waals surface area contributed by atoms with Crippen LogP contribution in [0.3, 0.4) is 0 Å². The van der Waals surface area contributed by atoms with Crippen LogP contribution in [-0.4, -0.2) is 28.9 Å². The van der Waals surface area contributed by atoms with Gasteiger partial charge in [0.1, 0.15) is 5.82 Å². The van der Waals surface area contributed by atoms with Crippen LogP contribution in [0, 0.1) is 11.3 Å². The number of amides is 1. The van der Waals surface area contributed by atoms with Gasteiger partial charge in [0.2, 0.25) is 0 Å². The van der Waals surface area contributed by atoms with Gasteiger partial charge in [-0.15, -0.1) is 0 Å². The lowest BCUT2D eigenvalue weighted by Crippen LogP contribution is -2.31. The summed E-state index contributed by atoms with van der Waals surface area (Å²) in [5.74, 6) is 6.44. The van der Waals surface area contributed by atoms with Gasteiger partial charge in [-0.2, -0.15) is 0 Å². The van der Waals surface area contributed by atoms with E-state index in [1.165, 1.54) is 0 Å². The lowest BCUT2D eigenvalue weighted by Gasteiger charge is -2.26. The molecule has 1 aliphatic heterocycles. The van der Waals surface area contributed by atoms with Gasteiger partial charge in [-0.25, -0.2) is 10.8 Å². The molecule has 1 atom stereocenters. The van der Waals surface area contributed by atoms with Crippen LogP contribution in [0.15, 0.2) is 18.3 Å². The Labute approximate surface area is 114 Å². The molecule has 2 heterocycles. The fourth-order valence-electron chi connectivity index (χ4n) is 2.44. The second-order valence-corrected chi connectivity index (χ2v) is 6.18. The second kappa shape index (κ2) is 5.17. The molecule has 104 valence electrons. The number of carbonyl (C=O) groups is 1. The molecule has 5 heteroatoms. The Balaban J connectivity index is 2.04. The first-order valence-electron chi connectivity index (χ1n) is 6.64. The first-order chi connectivity index (χ1) is 8.91. The van der Waals surface area contributed by atoms with E-state index in [4.69, 9.17) is 5.84 Å². The van der Waals surface area contributed by atoms with Crippen LogP contribution in [0.5, 0.6) is 0 Å². The maximum absolute atomic E-state index is 12.4. The van der Waals surface area contributed by atoms with E-state index in [-0.39, 0.29) is 11.3 Å². The molecule has 5 nitrogen and oxygen atoms in total. The van der Waals surface area contributed by atoms with Crippen molar-refractivity contribution in [2.75, 3.05) is 18.5 Å². The zero-order chi connectivity index (χ0) is 14.0. The fraction of sp³-hybridized carbons (Fsp3) is 0.571. The van der Waals surface area contributed by atoms with E-state index < -0.39 is 0 Å². The maximum Gasteiger partial charge on any atom is 0.255 e. The smallest absolute Gasteiger partial charge is 0.255 e. The van der Waals surface area contributed by atoms with E-state index in [1.54, 1.807) is 18.3 Å². The highest BCUT2D eigenvalue weighted by Crippen LogP contribution is 2.34. The van der Waals surface area contributed by atoms with Crippen molar-refractivity contribution < 1.29 is 4.79 Å². The first kappa shape index (κ1) is 13.8. The minimum Gasteiger partial charge on any atom is -0.338 e. The van der Waals surface area contributed by atoms with Crippen LogP contribution in [-0.2, 0) is 0 Å². The summed E-state index contributed by atoms with van der Waals surface area (Å²) in [4.78, 5) is 18.3. The molecule has 0 bridgehead atoms.